The quantitative estimate of drug-likeness (QED) is 0.698. The Labute approximate surface area is 142 Å². The van der Waals surface area contributed by atoms with E-state index in [2.05, 4.69) is 15.5 Å². The number of rotatable bonds is 6. The fraction of sp³-hybridized carbons (Fsp3) is 0.0588. The van der Waals surface area contributed by atoms with Gasteiger partial charge < -0.3 is 4.74 Å². The predicted molar refractivity (Wildman–Crippen MR) is 91.3 cm³/mol. The van der Waals surface area contributed by atoms with Crippen LogP contribution >= 0.6 is 11.3 Å². The Bertz CT molecular complexity index is 849. The zero-order chi connectivity index (χ0) is 16.8. The molecule has 0 aliphatic heterocycles. The van der Waals surface area contributed by atoms with Gasteiger partial charge in [0.25, 0.3) is 5.91 Å². The summed E-state index contributed by atoms with van der Waals surface area (Å²) in [5.41, 5.74) is 1.33. The number of anilines is 1. The van der Waals surface area contributed by atoms with Gasteiger partial charge in [0, 0.05) is 5.56 Å². The standard InChI is InChI=1S/C17H13N3O3S/c21-10-13-8-4-5-9-14(13)23-11-15(22)18-17-20-19-16(24-17)12-6-2-1-3-7-12/h1-10H,11H2,(H,18,20,22). The van der Waals surface area contributed by atoms with E-state index in [0.29, 0.717) is 22.7 Å². The van der Waals surface area contributed by atoms with Gasteiger partial charge >= 0.3 is 0 Å². The number of aromatic nitrogens is 2. The van der Waals surface area contributed by atoms with Gasteiger partial charge in [0.2, 0.25) is 5.13 Å². The van der Waals surface area contributed by atoms with Crippen LogP contribution in [0.15, 0.2) is 54.6 Å². The van der Waals surface area contributed by atoms with Crippen LogP contribution < -0.4 is 10.1 Å². The Morgan fingerprint density at radius 3 is 2.62 bits per heavy atom. The summed E-state index contributed by atoms with van der Waals surface area (Å²) in [5, 5.41) is 11.7. The van der Waals surface area contributed by atoms with Gasteiger partial charge in [-0.15, -0.1) is 10.2 Å². The summed E-state index contributed by atoms with van der Waals surface area (Å²) in [6.45, 7) is -0.217. The summed E-state index contributed by atoms with van der Waals surface area (Å²) in [5.74, 6) is -0.00338. The summed E-state index contributed by atoms with van der Waals surface area (Å²) < 4.78 is 5.37. The van der Waals surface area contributed by atoms with Gasteiger partial charge in [-0.3, -0.25) is 14.9 Å². The monoisotopic (exact) mass is 339 g/mol. The largest absolute Gasteiger partial charge is 0.483 e. The van der Waals surface area contributed by atoms with Crippen LogP contribution in [0.2, 0.25) is 0 Å². The highest BCUT2D eigenvalue weighted by Gasteiger charge is 2.11. The Balaban J connectivity index is 1.59. The second-order valence-corrected chi connectivity index (χ2v) is 5.75. The molecule has 1 N–H and O–H groups in total. The molecule has 0 fully saturated rings. The van der Waals surface area contributed by atoms with E-state index in [-0.39, 0.29) is 12.5 Å². The molecule has 3 aromatic rings. The number of carbonyl (C=O) groups excluding carboxylic acids is 2. The fourth-order valence-corrected chi connectivity index (χ4v) is 2.74. The minimum absolute atomic E-state index is 0.217. The van der Waals surface area contributed by atoms with Crippen molar-refractivity contribution in [3.63, 3.8) is 0 Å². The first kappa shape index (κ1) is 15.8. The molecular formula is C17H13N3O3S. The topological polar surface area (TPSA) is 81.2 Å². The first-order valence-corrected chi connectivity index (χ1v) is 7.93. The van der Waals surface area contributed by atoms with Crippen molar-refractivity contribution >= 4 is 28.7 Å². The number of ether oxygens (including phenoxy) is 1. The molecule has 0 saturated carbocycles. The van der Waals surface area contributed by atoms with E-state index in [1.807, 2.05) is 30.3 Å². The normalized spacial score (nSPS) is 10.2. The van der Waals surface area contributed by atoms with Crippen LogP contribution in [0.5, 0.6) is 5.75 Å². The number of hydrogen-bond donors (Lipinski definition) is 1. The molecular weight excluding hydrogens is 326 g/mol. The zero-order valence-electron chi connectivity index (χ0n) is 12.5. The number of amides is 1. The fourth-order valence-electron chi connectivity index (χ4n) is 1.98. The van der Waals surface area contributed by atoms with E-state index in [4.69, 9.17) is 4.74 Å². The number of benzene rings is 2. The Kier molecular flexibility index (Phi) is 4.93. The van der Waals surface area contributed by atoms with Gasteiger partial charge in [-0.25, -0.2) is 0 Å². The van der Waals surface area contributed by atoms with Gasteiger partial charge in [0.1, 0.15) is 10.8 Å². The van der Waals surface area contributed by atoms with Crippen LogP contribution in [0, 0.1) is 0 Å². The molecule has 0 unspecified atom stereocenters. The van der Waals surface area contributed by atoms with Crippen molar-refractivity contribution in [2.45, 2.75) is 0 Å². The van der Waals surface area contributed by atoms with Gasteiger partial charge in [-0.2, -0.15) is 0 Å². The molecule has 1 amide bonds. The second kappa shape index (κ2) is 7.47. The molecule has 1 aromatic heterocycles. The lowest BCUT2D eigenvalue weighted by Crippen LogP contribution is -2.20. The highest BCUT2D eigenvalue weighted by atomic mass is 32.1. The number of nitrogens with zero attached hydrogens (tertiary/aromatic N) is 2. The lowest BCUT2D eigenvalue weighted by Gasteiger charge is -2.07. The maximum atomic E-state index is 11.9. The Morgan fingerprint density at radius 1 is 1.08 bits per heavy atom. The van der Waals surface area contributed by atoms with Crippen LogP contribution in [0.1, 0.15) is 10.4 Å². The number of nitrogens with one attached hydrogen (secondary N) is 1. The SMILES string of the molecule is O=Cc1ccccc1OCC(=O)Nc1nnc(-c2ccccc2)s1. The van der Waals surface area contributed by atoms with Crippen LogP contribution in [0.3, 0.4) is 0 Å². The molecule has 24 heavy (non-hydrogen) atoms. The molecule has 2 aromatic carbocycles. The molecule has 0 bridgehead atoms. The molecule has 0 aliphatic rings. The highest BCUT2D eigenvalue weighted by Crippen LogP contribution is 2.25. The summed E-state index contributed by atoms with van der Waals surface area (Å²) in [4.78, 5) is 22.8. The minimum Gasteiger partial charge on any atom is -0.483 e. The van der Waals surface area contributed by atoms with E-state index >= 15 is 0 Å². The molecule has 120 valence electrons. The number of carbonyl (C=O) groups is 2. The molecule has 0 atom stereocenters. The van der Waals surface area contributed by atoms with Crippen LogP contribution in [-0.2, 0) is 4.79 Å². The second-order valence-electron chi connectivity index (χ2n) is 4.77. The van der Waals surface area contributed by atoms with E-state index in [1.165, 1.54) is 11.3 Å². The van der Waals surface area contributed by atoms with E-state index < -0.39 is 0 Å². The molecule has 6 nitrogen and oxygen atoms in total. The van der Waals surface area contributed by atoms with Crippen LogP contribution in [0.4, 0.5) is 5.13 Å². The summed E-state index contributed by atoms with van der Waals surface area (Å²) in [6, 6.07) is 16.3. The van der Waals surface area contributed by atoms with E-state index in [9.17, 15) is 9.59 Å². The van der Waals surface area contributed by atoms with Gasteiger partial charge in [-0.05, 0) is 12.1 Å². The average molecular weight is 339 g/mol. The Hall–Kier alpha value is -3.06. The molecule has 0 spiro atoms. The first-order valence-electron chi connectivity index (χ1n) is 7.12. The number of hydrogen-bond acceptors (Lipinski definition) is 6. The summed E-state index contributed by atoms with van der Waals surface area (Å²) in [6.07, 6.45) is 0.685. The predicted octanol–water partition coefficient (Wildman–Crippen LogP) is 3.04. The maximum absolute atomic E-state index is 11.9. The van der Waals surface area contributed by atoms with E-state index in [1.54, 1.807) is 24.3 Å². The average Bonchev–Trinajstić information content (AvgIpc) is 3.09. The lowest BCUT2D eigenvalue weighted by molar-refractivity contribution is -0.118. The minimum atomic E-state index is -0.369. The van der Waals surface area contributed by atoms with Crippen LogP contribution in [0.25, 0.3) is 10.6 Å². The van der Waals surface area contributed by atoms with Gasteiger partial charge in [-0.1, -0.05) is 53.8 Å². The van der Waals surface area contributed by atoms with Gasteiger partial charge in [0.05, 0.1) is 5.56 Å². The van der Waals surface area contributed by atoms with Gasteiger partial charge in [0.15, 0.2) is 12.9 Å². The lowest BCUT2D eigenvalue weighted by atomic mass is 10.2. The molecule has 0 saturated heterocycles. The smallest absolute Gasteiger partial charge is 0.264 e. The third-order valence-corrected chi connectivity index (χ3v) is 3.98. The van der Waals surface area contributed by atoms with Crippen molar-refractivity contribution in [3.05, 3.63) is 60.2 Å². The van der Waals surface area contributed by atoms with Crippen molar-refractivity contribution in [2.75, 3.05) is 11.9 Å². The number of aldehydes is 1. The van der Waals surface area contributed by atoms with Crippen molar-refractivity contribution in [3.8, 4) is 16.3 Å². The summed E-state index contributed by atoms with van der Waals surface area (Å²) >= 11 is 1.28. The molecule has 3 rings (SSSR count). The molecule has 0 radical (unpaired) electrons. The van der Waals surface area contributed by atoms with Crippen LogP contribution in [-0.4, -0.2) is 29.0 Å². The molecule has 0 aliphatic carbocycles. The summed E-state index contributed by atoms with van der Waals surface area (Å²) in [7, 11) is 0. The highest BCUT2D eigenvalue weighted by molar-refractivity contribution is 7.18. The third-order valence-electron chi connectivity index (χ3n) is 3.10. The van der Waals surface area contributed by atoms with Crippen molar-refractivity contribution in [1.29, 1.82) is 0 Å². The first-order chi connectivity index (χ1) is 11.8. The third kappa shape index (κ3) is 3.82. The molecule has 7 heteroatoms. The Morgan fingerprint density at radius 2 is 1.83 bits per heavy atom. The maximum Gasteiger partial charge on any atom is 0.264 e. The zero-order valence-corrected chi connectivity index (χ0v) is 13.3. The number of para-hydroxylation sites is 1. The molecule has 1 heterocycles. The van der Waals surface area contributed by atoms with Crippen molar-refractivity contribution < 1.29 is 14.3 Å². The van der Waals surface area contributed by atoms with E-state index in [0.717, 1.165) is 10.6 Å². The van der Waals surface area contributed by atoms with Crippen molar-refractivity contribution in [2.24, 2.45) is 0 Å². The van der Waals surface area contributed by atoms with Crippen molar-refractivity contribution in [1.82, 2.24) is 10.2 Å².